The fraction of sp³-hybridized carbons (Fsp3) is 0.421. The van der Waals surface area contributed by atoms with Crippen molar-refractivity contribution in [2.75, 3.05) is 41.7 Å². The van der Waals surface area contributed by atoms with E-state index in [1.165, 1.54) is 18.9 Å². The molecule has 0 bridgehead atoms. The Bertz CT molecular complexity index is 807. The fourth-order valence-corrected chi connectivity index (χ4v) is 3.03. The van der Waals surface area contributed by atoms with Gasteiger partial charge in [-0.25, -0.2) is 19.2 Å². The lowest BCUT2D eigenvalue weighted by Crippen LogP contribution is -2.33. The van der Waals surface area contributed by atoms with E-state index < -0.39 is 0 Å². The molecule has 0 aliphatic carbocycles. The molecule has 0 saturated carbocycles. The van der Waals surface area contributed by atoms with Crippen LogP contribution in [0.1, 0.15) is 24.2 Å². The van der Waals surface area contributed by atoms with E-state index in [4.69, 9.17) is 0 Å². The van der Waals surface area contributed by atoms with Crippen molar-refractivity contribution in [3.05, 3.63) is 41.5 Å². The van der Waals surface area contributed by atoms with Crippen molar-refractivity contribution < 1.29 is 9.18 Å². The van der Waals surface area contributed by atoms with Crippen molar-refractivity contribution in [1.29, 1.82) is 0 Å². The third-order valence-electron chi connectivity index (χ3n) is 4.49. The fourth-order valence-electron chi connectivity index (χ4n) is 3.03. The molecule has 2 amide bonds. The zero-order chi connectivity index (χ0) is 19.2. The van der Waals surface area contributed by atoms with Crippen molar-refractivity contribution in [3.63, 3.8) is 0 Å². The highest BCUT2D eigenvalue weighted by atomic mass is 19.1. The minimum absolute atomic E-state index is 0.345. The first-order valence-electron chi connectivity index (χ1n) is 9.17. The topological polar surface area (TPSA) is 82.2 Å². The van der Waals surface area contributed by atoms with E-state index in [2.05, 4.69) is 30.8 Å². The summed E-state index contributed by atoms with van der Waals surface area (Å²) in [5, 5.41) is 8.61. The van der Waals surface area contributed by atoms with Gasteiger partial charge >= 0.3 is 6.03 Å². The molecule has 0 radical (unpaired) electrons. The quantitative estimate of drug-likeness (QED) is 0.679. The van der Waals surface area contributed by atoms with Gasteiger partial charge in [-0.05, 0) is 38.8 Å². The Hall–Kier alpha value is -2.90. The van der Waals surface area contributed by atoms with E-state index in [1.54, 1.807) is 19.1 Å². The van der Waals surface area contributed by atoms with E-state index >= 15 is 0 Å². The van der Waals surface area contributed by atoms with Crippen LogP contribution in [0.2, 0.25) is 0 Å². The molecule has 3 N–H and O–H groups in total. The van der Waals surface area contributed by atoms with Gasteiger partial charge in [0.05, 0.1) is 0 Å². The van der Waals surface area contributed by atoms with Gasteiger partial charge in [-0.2, -0.15) is 0 Å². The third kappa shape index (κ3) is 5.06. The van der Waals surface area contributed by atoms with Crippen molar-refractivity contribution >= 4 is 23.4 Å². The van der Waals surface area contributed by atoms with Crippen molar-refractivity contribution in [3.8, 4) is 0 Å². The van der Waals surface area contributed by atoms with E-state index in [1.807, 2.05) is 13.0 Å². The molecule has 8 heteroatoms. The molecular weight excluding hydrogens is 347 g/mol. The number of aromatic nitrogens is 2. The highest BCUT2D eigenvalue weighted by molar-refractivity contribution is 5.90. The van der Waals surface area contributed by atoms with Gasteiger partial charge in [0.2, 0.25) is 0 Å². The molecule has 1 fully saturated rings. The van der Waals surface area contributed by atoms with Crippen LogP contribution in [0.25, 0.3) is 0 Å². The second kappa shape index (κ2) is 8.66. The minimum Gasteiger partial charge on any atom is -0.368 e. The predicted octanol–water partition coefficient (Wildman–Crippen LogP) is 3.07. The molecule has 2 aromatic rings. The number of anilines is 3. The van der Waals surface area contributed by atoms with Crippen molar-refractivity contribution in [2.45, 2.75) is 26.7 Å². The summed E-state index contributed by atoms with van der Waals surface area (Å²) in [5.74, 6) is 2.05. The van der Waals surface area contributed by atoms with Gasteiger partial charge in [-0.1, -0.05) is 6.07 Å². The normalized spacial score (nSPS) is 13.5. The van der Waals surface area contributed by atoms with E-state index in [-0.39, 0.29) is 11.8 Å². The van der Waals surface area contributed by atoms with Gasteiger partial charge < -0.3 is 20.9 Å². The first-order valence-corrected chi connectivity index (χ1v) is 9.17. The van der Waals surface area contributed by atoms with Gasteiger partial charge in [0.15, 0.2) is 0 Å². The molecular formula is C19H25FN6O. The number of aryl methyl sites for hydroxylation is 1. The monoisotopic (exact) mass is 372 g/mol. The number of benzene rings is 1. The summed E-state index contributed by atoms with van der Waals surface area (Å²) >= 11 is 0. The Kier molecular flexibility index (Phi) is 6.05. The van der Waals surface area contributed by atoms with Crippen LogP contribution in [0, 0.1) is 19.7 Å². The van der Waals surface area contributed by atoms with Crippen molar-refractivity contribution in [2.24, 2.45) is 0 Å². The number of urea groups is 1. The molecule has 0 spiro atoms. The largest absolute Gasteiger partial charge is 0.368 e. The second-order valence-electron chi connectivity index (χ2n) is 6.57. The molecule has 144 valence electrons. The number of hydrogen-bond donors (Lipinski definition) is 3. The highest BCUT2D eigenvalue weighted by Crippen LogP contribution is 2.20. The maximum absolute atomic E-state index is 13.5. The van der Waals surface area contributed by atoms with Crippen LogP contribution in [-0.2, 0) is 0 Å². The smallest absolute Gasteiger partial charge is 0.319 e. The average molecular weight is 372 g/mol. The number of hydrogen-bond acceptors (Lipinski definition) is 5. The number of rotatable bonds is 6. The summed E-state index contributed by atoms with van der Waals surface area (Å²) in [6.45, 7) is 6.47. The molecule has 1 aromatic heterocycles. The number of amides is 2. The lowest BCUT2D eigenvalue weighted by atomic mass is 10.2. The molecule has 7 nitrogen and oxygen atoms in total. The van der Waals surface area contributed by atoms with E-state index in [0.29, 0.717) is 30.2 Å². The average Bonchev–Trinajstić information content (AvgIpc) is 3.17. The van der Waals surface area contributed by atoms with Crippen LogP contribution in [0.15, 0.2) is 24.3 Å². The van der Waals surface area contributed by atoms with Gasteiger partial charge in [0.1, 0.15) is 23.3 Å². The lowest BCUT2D eigenvalue weighted by molar-refractivity contribution is 0.252. The van der Waals surface area contributed by atoms with Gasteiger partial charge in [0.25, 0.3) is 0 Å². The van der Waals surface area contributed by atoms with Crippen LogP contribution in [0.5, 0.6) is 0 Å². The van der Waals surface area contributed by atoms with Crippen LogP contribution in [-0.4, -0.2) is 42.2 Å². The molecule has 1 aliphatic rings. The predicted molar refractivity (Wildman–Crippen MR) is 105 cm³/mol. The maximum Gasteiger partial charge on any atom is 0.319 e. The molecule has 0 atom stereocenters. The molecule has 1 aliphatic heterocycles. The summed E-state index contributed by atoms with van der Waals surface area (Å²) in [5.41, 5.74) is 0.874. The Labute approximate surface area is 158 Å². The molecule has 3 rings (SSSR count). The number of carbonyl (C=O) groups excluding carboxylic acids is 1. The van der Waals surface area contributed by atoms with E-state index in [9.17, 15) is 9.18 Å². The third-order valence-corrected chi connectivity index (χ3v) is 4.49. The molecule has 1 aromatic carbocycles. The maximum atomic E-state index is 13.5. The Morgan fingerprint density at radius 3 is 2.74 bits per heavy atom. The van der Waals surface area contributed by atoms with Crippen molar-refractivity contribution in [1.82, 2.24) is 15.3 Å². The molecule has 0 unspecified atom stereocenters. The number of nitrogens with one attached hydrogen (secondary N) is 3. The van der Waals surface area contributed by atoms with Gasteiger partial charge in [-0.15, -0.1) is 0 Å². The number of halogens is 1. The van der Waals surface area contributed by atoms with Crippen LogP contribution in [0.3, 0.4) is 0 Å². The zero-order valence-corrected chi connectivity index (χ0v) is 15.7. The molecule has 27 heavy (non-hydrogen) atoms. The first kappa shape index (κ1) is 18.9. The SMILES string of the molecule is Cc1nc(NCCNC(=O)Nc2cccc(F)c2C)cc(N2CCCC2)n1. The van der Waals surface area contributed by atoms with Crippen LogP contribution in [0.4, 0.5) is 26.5 Å². The number of carbonyl (C=O) groups is 1. The summed E-state index contributed by atoms with van der Waals surface area (Å²) in [6.07, 6.45) is 2.38. The number of nitrogens with zero attached hydrogens (tertiary/aromatic N) is 3. The summed E-state index contributed by atoms with van der Waals surface area (Å²) in [7, 11) is 0. The summed E-state index contributed by atoms with van der Waals surface area (Å²) < 4.78 is 13.5. The first-order chi connectivity index (χ1) is 13.0. The second-order valence-corrected chi connectivity index (χ2v) is 6.57. The zero-order valence-electron chi connectivity index (χ0n) is 15.7. The standard InChI is InChI=1S/C19H25FN6O/c1-13-15(20)6-5-7-16(13)25-19(27)22-9-8-21-17-12-18(24-14(2)23-17)26-10-3-4-11-26/h5-7,12H,3-4,8-11H2,1-2H3,(H,21,23,24)(H2,22,25,27). The summed E-state index contributed by atoms with van der Waals surface area (Å²) in [4.78, 5) is 23.1. The Morgan fingerprint density at radius 2 is 1.96 bits per heavy atom. The highest BCUT2D eigenvalue weighted by Gasteiger charge is 2.15. The van der Waals surface area contributed by atoms with E-state index in [0.717, 1.165) is 24.7 Å². The summed E-state index contributed by atoms with van der Waals surface area (Å²) in [6, 6.07) is 6.16. The Morgan fingerprint density at radius 1 is 1.19 bits per heavy atom. The van der Waals surface area contributed by atoms with Gasteiger partial charge in [0, 0.05) is 43.5 Å². The molecule has 2 heterocycles. The van der Waals surface area contributed by atoms with Crippen LogP contribution >= 0.6 is 0 Å². The Balaban J connectivity index is 1.47. The molecule has 1 saturated heterocycles. The van der Waals surface area contributed by atoms with Gasteiger partial charge in [-0.3, -0.25) is 0 Å². The van der Waals surface area contributed by atoms with Crippen LogP contribution < -0.4 is 20.9 Å². The minimum atomic E-state index is -0.373. The lowest BCUT2D eigenvalue weighted by Gasteiger charge is -2.18.